The van der Waals surface area contributed by atoms with Gasteiger partial charge >= 0.3 is 0 Å². The van der Waals surface area contributed by atoms with Gasteiger partial charge < -0.3 is 10.5 Å². The van der Waals surface area contributed by atoms with Gasteiger partial charge in [0.1, 0.15) is 11.4 Å². The summed E-state index contributed by atoms with van der Waals surface area (Å²) < 4.78 is 11.5. The van der Waals surface area contributed by atoms with E-state index in [2.05, 4.69) is 35.8 Å². The predicted octanol–water partition coefficient (Wildman–Crippen LogP) is 2.36. The van der Waals surface area contributed by atoms with Crippen LogP contribution in [0.25, 0.3) is 17.1 Å². The molecule has 0 unspecified atom stereocenters. The standard InChI is InChI=1S/C21H19N9O5/c1-2-10-34-16-8-6-14(7-9-16)18-17(24-28-29(18)20-19(22)26-35-27-20)21(31)25-23-12-13-4-3-5-15(11-13)30(32)33/h3-9,11-12H,2,10H2,1H3,(H2,22,26)(H,25,31)/b23-12-. The molecule has 4 aromatic rings. The number of carbonyl (C=O) groups excluding carboxylic acids is 1. The number of nitrogens with zero attached hydrogens (tertiary/aromatic N) is 7. The van der Waals surface area contributed by atoms with Crippen molar-refractivity contribution in [1.82, 2.24) is 30.7 Å². The van der Waals surface area contributed by atoms with Crippen molar-refractivity contribution >= 4 is 23.6 Å². The molecule has 2 aromatic heterocycles. The highest BCUT2D eigenvalue weighted by atomic mass is 16.6. The molecule has 35 heavy (non-hydrogen) atoms. The fourth-order valence-electron chi connectivity index (χ4n) is 3.05. The van der Waals surface area contributed by atoms with Gasteiger partial charge in [0.15, 0.2) is 5.69 Å². The molecule has 1 amide bonds. The van der Waals surface area contributed by atoms with Crippen LogP contribution < -0.4 is 15.9 Å². The average molecular weight is 477 g/mol. The lowest BCUT2D eigenvalue weighted by Crippen LogP contribution is -2.19. The number of hydrogen-bond acceptors (Lipinski definition) is 11. The third kappa shape index (κ3) is 5.11. The van der Waals surface area contributed by atoms with Crippen LogP contribution in [0, 0.1) is 10.1 Å². The number of carbonyl (C=O) groups is 1. The number of ether oxygens (including phenoxy) is 1. The molecule has 0 atom stereocenters. The number of aromatic nitrogens is 5. The van der Waals surface area contributed by atoms with E-state index in [0.717, 1.165) is 6.42 Å². The minimum absolute atomic E-state index is 0.0466. The zero-order chi connectivity index (χ0) is 24.8. The summed E-state index contributed by atoms with van der Waals surface area (Å²) in [6.45, 7) is 2.57. The molecule has 14 heteroatoms. The van der Waals surface area contributed by atoms with Crippen LogP contribution in [0.1, 0.15) is 29.4 Å². The Morgan fingerprint density at radius 1 is 1.29 bits per heavy atom. The second kappa shape index (κ2) is 10.2. The number of hydrazone groups is 1. The molecule has 2 heterocycles. The van der Waals surface area contributed by atoms with Crippen molar-refractivity contribution < 1.29 is 19.1 Å². The molecule has 0 saturated heterocycles. The first kappa shape index (κ1) is 23.0. The number of nitro benzene ring substituents is 1. The quantitative estimate of drug-likeness (QED) is 0.205. The van der Waals surface area contributed by atoms with Gasteiger partial charge in [-0.05, 0) is 41.0 Å². The molecule has 0 saturated carbocycles. The van der Waals surface area contributed by atoms with Crippen molar-refractivity contribution in [2.45, 2.75) is 13.3 Å². The highest BCUT2D eigenvalue weighted by molar-refractivity contribution is 5.98. The Labute approximate surface area is 197 Å². The van der Waals surface area contributed by atoms with Crippen molar-refractivity contribution in [3.8, 4) is 22.8 Å². The lowest BCUT2D eigenvalue weighted by Gasteiger charge is -2.08. The van der Waals surface area contributed by atoms with E-state index in [9.17, 15) is 14.9 Å². The summed E-state index contributed by atoms with van der Waals surface area (Å²) in [4.78, 5) is 23.3. The van der Waals surface area contributed by atoms with Crippen molar-refractivity contribution in [2.24, 2.45) is 5.10 Å². The third-order valence-corrected chi connectivity index (χ3v) is 4.64. The van der Waals surface area contributed by atoms with Crippen LogP contribution in [0.3, 0.4) is 0 Å². The van der Waals surface area contributed by atoms with Gasteiger partial charge in [-0.3, -0.25) is 14.9 Å². The lowest BCUT2D eigenvalue weighted by atomic mass is 10.1. The number of nitrogen functional groups attached to an aromatic ring is 1. The van der Waals surface area contributed by atoms with Crippen LogP contribution in [0.5, 0.6) is 5.75 Å². The lowest BCUT2D eigenvalue weighted by molar-refractivity contribution is -0.384. The summed E-state index contributed by atoms with van der Waals surface area (Å²) in [5, 5.41) is 30.0. The Morgan fingerprint density at radius 3 is 2.77 bits per heavy atom. The number of hydrogen-bond donors (Lipinski definition) is 2. The average Bonchev–Trinajstić information content (AvgIpc) is 3.49. The molecule has 2 aromatic carbocycles. The summed E-state index contributed by atoms with van der Waals surface area (Å²) in [7, 11) is 0. The number of benzene rings is 2. The van der Waals surface area contributed by atoms with E-state index in [4.69, 9.17) is 10.5 Å². The molecule has 4 rings (SSSR count). The normalized spacial score (nSPS) is 11.0. The number of anilines is 1. The van der Waals surface area contributed by atoms with Gasteiger partial charge in [0, 0.05) is 23.3 Å². The Kier molecular flexibility index (Phi) is 6.71. The van der Waals surface area contributed by atoms with Gasteiger partial charge in [-0.15, -0.1) is 5.10 Å². The summed E-state index contributed by atoms with van der Waals surface area (Å²) in [5.74, 6) is -0.0216. The topological polar surface area (TPSA) is 189 Å². The van der Waals surface area contributed by atoms with Crippen molar-refractivity contribution in [2.75, 3.05) is 12.3 Å². The highest BCUT2D eigenvalue weighted by Gasteiger charge is 2.25. The molecular weight excluding hydrogens is 458 g/mol. The zero-order valence-electron chi connectivity index (χ0n) is 18.4. The maximum absolute atomic E-state index is 12.9. The molecule has 0 bridgehead atoms. The molecule has 0 aliphatic rings. The Balaban J connectivity index is 1.64. The van der Waals surface area contributed by atoms with Crippen molar-refractivity contribution in [3.63, 3.8) is 0 Å². The van der Waals surface area contributed by atoms with E-state index >= 15 is 0 Å². The summed E-state index contributed by atoms with van der Waals surface area (Å²) >= 11 is 0. The highest BCUT2D eigenvalue weighted by Crippen LogP contribution is 2.28. The second-order valence-corrected chi connectivity index (χ2v) is 7.10. The Hall–Kier alpha value is -5.14. The van der Waals surface area contributed by atoms with E-state index in [0.29, 0.717) is 23.5 Å². The fourth-order valence-corrected chi connectivity index (χ4v) is 3.05. The first-order chi connectivity index (χ1) is 17.0. The van der Waals surface area contributed by atoms with E-state index in [1.165, 1.54) is 29.1 Å². The first-order valence-corrected chi connectivity index (χ1v) is 10.3. The molecule has 0 fully saturated rings. The third-order valence-electron chi connectivity index (χ3n) is 4.64. The zero-order valence-corrected chi connectivity index (χ0v) is 18.4. The molecule has 3 N–H and O–H groups in total. The number of nitro groups is 1. The van der Waals surface area contributed by atoms with Crippen molar-refractivity contribution in [3.05, 3.63) is 69.9 Å². The van der Waals surface area contributed by atoms with Crippen LogP contribution in [0.4, 0.5) is 11.5 Å². The van der Waals surface area contributed by atoms with Gasteiger partial charge in [-0.1, -0.05) is 24.3 Å². The number of nitrogens with one attached hydrogen (secondary N) is 1. The second-order valence-electron chi connectivity index (χ2n) is 7.10. The summed E-state index contributed by atoms with van der Waals surface area (Å²) in [5.41, 5.74) is 9.23. The number of non-ortho nitro benzene ring substituents is 1. The van der Waals surface area contributed by atoms with Gasteiger partial charge in [0.2, 0.25) is 11.6 Å². The van der Waals surface area contributed by atoms with E-state index in [-0.39, 0.29) is 28.7 Å². The molecule has 178 valence electrons. The van der Waals surface area contributed by atoms with Crippen molar-refractivity contribution in [1.29, 1.82) is 0 Å². The van der Waals surface area contributed by atoms with Gasteiger partial charge in [-0.25, -0.2) is 10.1 Å². The molecule has 14 nitrogen and oxygen atoms in total. The first-order valence-electron chi connectivity index (χ1n) is 10.3. The number of nitrogens with two attached hydrogens (primary N) is 1. The SMILES string of the molecule is CCCOc1ccc(-c2c(C(=O)N/N=C\c3cccc([N+](=O)[O-])c3)nnn2-c2nonc2N)cc1. The van der Waals surface area contributed by atoms with Crippen LogP contribution in [0.15, 0.2) is 58.3 Å². The molecule has 0 spiro atoms. The molecule has 0 aliphatic heterocycles. The van der Waals surface area contributed by atoms with E-state index in [1.54, 1.807) is 30.3 Å². The Morgan fingerprint density at radius 2 is 2.09 bits per heavy atom. The Bertz CT molecular complexity index is 1380. The molecule has 0 aliphatic carbocycles. The number of amides is 1. The van der Waals surface area contributed by atoms with Gasteiger partial charge in [0.05, 0.1) is 17.7 Å². The van der Waals surface area contributed by atoms with Crippen LogP contribution in [-0.4, -0.2) is 49.0 Å². The number of rotatable bonds is 9. The van der Waals surface area contributed by atoms with E-state index in [1.807, 2.05) is 6.92 Å². The van der Waals surface area contributed by atoms with E-state index < -0.39 is 10.8 Å². The van der Waals surface area contributed by atoms with Gasteiger partial charge in [-0.2, -0.15) is 9.78 Å². The molecular formula is C21H19N9O5. The fraction of sp³-hybridized carbons (Fsp3) is 0.143. The van der Waals surface area contributed by atoms with Crippen LogP contribution in [0.2, 0.25) is 0 Å². The molecule has 0 radical (unpaired) electrons. The monoisotopic (exact) mass is 477 g/mol. The minimum Gasteiger partial charge on any atom is -0.494 e. The van der Waals surface area contributed by atoms with Crippen LogP contribution in [-0.2, 0) is 0 Å². The van der Waals surface area contributed by atoms with Crippen LogP contribution >= 0.6 is 0 Å². The summed E-state index contributed by atoms with van der Waals surface area (Å²) in [6.07, 6.45) is 2.13. The van der Waals surface area contributed by atoms with Gasteiger partial charge in [0.25, 0.3) is 11.6 Å². The maximum atomic E-state index is 12.9. The maximum Gasteiger partial charge on any atom is 0.294 e. The predicted molar refractivity (Wildman–Crippen MR) is 123 cm³/mol. The minimum atomic E-state index is -0.686. The summed E-state index contributed by atoms with van der Waals surface area (Å²) in [6, 6.07) is 12.7. The smallest absolute Gasteiger partial charge is 0.294 e. The largest absolute Gasteiger partial charge is 0.494 e.